The van der Waals surface area contributed by atoms with Gasteiger partial charge in [0.15, 0.2) is 0 Å². The lowest BCUT2D eigenvalue weighted by molar-refractivity contribution is 0.223. The van der Waals surface area contributed by atoms with Crippen LogP contribution in [-0.4, -0.2) is 31.6 Å². The average molecular weight is 276 g/mol. The molecule has 1 unspecified atom stereocenters. The second-order valence-corrected chi connectivity index (χ2v) is 5.62. The SMILES string of the molecule is CCC(CC)CN(CC)CCC(NC)c1ccccc1. The van der Waals surface area contributed by atoms with E-state index in [1.165, 1.54) is 37.9 Å². The molecule has 0 amide bonds. The molecule has 1 N–H and O–H groups in total. The first kappa shape index (κ1) is 17.2. The van der Waals surface area contributed by atoms with Gasteiger partial charge in [0.25, 0.3) is 0 Å². The fourth-order valence-electron chi connectivity index (χ4n) is 2.77. The van der Waals surface area contributed by atoms with Gasteiger partial charge in [-0.2, -0.15) is 0 Å². The van der Waals surface area contributed by atoms with Crippen molar-refractivity contribution >= 4 is 0 Å². The van der Waals surface area contributed by atoms with Gasteiger partial charge in [0.1, 0.15) is 0 Å². The van der Waals surface area contributed by atoms with E-state index in [4.69, 9.17) is 0 Å². The molecule has 2 heteroatoms. The minimum absolute atomic E-state index is 0.465. The lowest BCUT2D eigenvalue weighted by Crippen LogP contribution is -2.32. The predicted molar refractivity (Wildman–Crippen MR) is 89.0 cm³/mol. The Hall–Kier alpha value is -0.860. The summed E-state index contributed by atoms with van der Waals surface area (Å²) in [4.78, 5) is 2.60. The zero-order valence-corrected chi connectivity index (χ0v) is 13.7. The van der Waals surface area contributed by atoms with E-state index < -0.39 is 0 Å². The van der Waals surface area contributed by atoms with Crippen LogP contribution in [0.25, 0.3) is 0 Å². The molecule has 0 saturated heterocycles. The smallest absolute Gasteiger partial charge is 0.0329 e. The molecule has 20 heavy (non-hydrogen) atoms. The van der Waals surface area contributed by atoms with Crippen LogP contribution in [-0.2, 0) is 0 Å². The van der Waals surface area contributed by atoms with E-state index in [1.54, 1.807) is 0 Å². The molecule has 0 saturated carbocycles. The van der Waals surface area contributed by atoms with E-state index in [-0.39, 0.29) is 0 Å². The summed E-state index contributed by atoms with van der Waals surface area (Å²) in [7, 11) is 2.06. The fraction of sp³-hybridized carbons (Fsp3) is 0.667. The fourth-order valence-corrected chi connectivity index (χ4v) is 2.77. The van der Waals surface area contributed by atoms with Crippen molar-refractivity contribution in [1.82, 2.24) is 10.2 Å². The number of benzene rings is 1. The van der Waals surface area contributed by atoms with E-state index in [0.29, 0.717) is 6.04 Å². The molecule has 0 aromatic heterocycles. The van der Waals surface area contributed by atoms with Gasteiger partial charge < -0.3 is 10.2 Å². The summed E-state index contributed by atoms with van der Waals surface area (Å²) in [5.74, 6) is 0.847. The van der Waals surface area contributed by atoms with E-state index in [0.717, 1.165) is 12.5 Å². The maximum absolute atomic E-state index is 3.45. The average Bonchev–Trinajstić information content (AvgIpc) is 2.52. The molecule has 0 aliphatic heterocycles. The summed E-state index contributed by atoms with van der Waals surface area (Å²) in [5.41, 5.74) is 1.40. The number of hydrogen-bond acceptors (Lipinski definition) is 2. The third-order valence-corrected chi connectivity index (χ3v) is 4.40. The lowest BCUT2D eigenvalue weighted by Gasteiger charge is -2.27. The summed E-state index contributed by atoms with van der Waals surface area (Å²) < 4.78 is 0. The molecular formula is C18H32N2. The Morgan fingerprint density at radius 2 is 1.70 bits per heavy atom. The van der Waals surface area contributed by atoms with Gasteiger partial charge in [-0.25, -0.2) is 0 Å². The van der Waals surface area contributed by atoms with Crippen LogP contribution in [0.2, 0.25) is 0 Å². The molecule has 1 aromatic rings. The van der Waals surface area contributed by atoms with Crippen LogP contribution in [0.1, 0.15) is 51.6 Å². The van der Waals surface area contributed by atoms with Gasteiger partial charge in [0.2, 0.25) is 0 Å². The van der Waals surface area contributed by atoms with Crippen molar-refractivity contribution in [2.75, 3.05) is 26.7 Å². The molecule has 1 atom stereocenters. The Balaban J connectivity index is 2.49. The van der Waals surface area contributed by atoms with Gasteiger partial charge in [-0.05, 0) is 38.0 Å². The van der Waals surface area contributed by atoms with Crippen molar-refractivity contribution < 1.29 is 0 Å². The normalized spacial score (nSPS) is 13.1. The van der Waals surface area contributed by atoms with Crippen molar-refractivity contribution in [2.45, 2.75) is 46.1 Å². The Kier molecular flexibility index (Phi) is 8.56. The standard InChI is InChI=1S/C18H32N2/c1-5-16(6-2)15-20(7-3)14-13-18(19-4)17-11-9-8-10-12-17/h8-12,16,18-19H,5-7,13-15H2,1-4H3. The van der Waals surface area contributed by atoms with Crippen molar-refractivity contribution in [3.63, 3.8) is 0 Å². The second-order valence-electron chi connectivity index (χ2n) is 5.62. The van der Waals surface area contributed by atoms with Gasteiger partial charge >= 0.3 is 0 Å². The van der Waals surface area contributed by atoms with Crippen LogP contribution < -0.4 is 5.32 Å². The molecule has 0 bridgehead atoms. The van der Waals surface area contributed by atoms with Crippen molar-refractivity contribution in [3.05, 3.63) is 35.9 Å². The molecule has 0 radical (unpaired) electrons. The minimum atomic E-state index is 0.465. The van der Waals surface area contributed by atoms with Gasteiger partial charge in [-0.1, -0.05) is 63.9 Å². The highest BCUT2D eigenvalue weighted by atomic mass is 15.1. The maximum Gasteiger partial charge on any atom is 0.0329 e. The van der Waals surface area contributed by atoms with Gasteiger partial charge in [-0.15, -0.1) is 0 Å². The first-order chi connectivity index (χ1) is 9.74. The topological polar surface area (TPSA) is 15.3 Å². The quantitative estimate of drug-likeness (QED) is 0.692. The molecule has 0 aliphatic rings. The first-order valence-corrected chi connectivity index (χ1v) is 8.19. The molecular weight excluding hydrogens is 244 g/mol. The van der Waals surface area contributed by atoms with Crippen LogP contribution in [0, 0.1) is 5.92 Å². The number of nitrogens with one attached hydrogen (secondary N) is 1. The molecule has 2 nitrogen and oxygen atoms in total. The van der Waals surface area contributed by atoms with Crippen molar-refractivity contribution in [2.24, 2.45) is 5.92 Å². The van der Waals surface area contributed by atoms with E-state index >= 15 is 0 Å². The summed E-state index contributed by atoms with van der Waals surface area (Å²) in [6, 6.07) is 11.2. The third-order valence-electron chi connectivity index (χ3n) is 4.40. The molecule has 0 fully saturated rings. The van der Waals surface area contributed by atoms with Crippen LogP contribution in [0.4, 0.5) is 0 Å². The molecule has 1 aromatic carbocycles. The van der Waals surface area contributed by atoms with E-state index in [9.17, 15) is 0 Å². The molecule has 0 heterocycles. The molecule has 1 rings (SSSR count). The van der Waals surface area contributed by atoms with E-state index in [1.807, 2.05) is 0 Å². The van der Waals surface area contributed by atoms with Gasteiger partial charge in [0.05, 0.1) is 0 Å². The molecule has 0 spiro atoms. The van der Waals surface area contributed by atoms with Crippen molar-refractivity contribution in [1.29, 1.82) is 0 Å². The predicted octanol–water partition coefficient (Wildman–Crippen LogP) is 4.10. The van der Waals surface area contributed by atoms with Crippen molar-refractivity contribution in [3.8, 4) is 0 Å². The number of hydrogen-bond donors (Lipinski definition) is 1. The molecule has 114 valence electrons. The highest BCUT2D eigenvalue weighted by Gasteiger charge is 2.13. The summed E-state index contributed by atoms with van der Waals surface area (Å²) in [6.45, 7) is 10.5. The zero-order valence-electron chi connectivity index (χ0n) is 13.7. The highest BCUT2D eigenvalue weighted by Crippen LogP contribution is 2.17. The highest BCUT2D eigenvalue weighted by molar-refractivity contribution is 5.18. The second kappa shape index (κ2) is 9.95. The van der Waals surface area contributed by atoms with Crippen LogP contribution in [0.5, 0.6) is 0 Å². The first-order valence-electron chi connectivity index (χ1n) is 8.19. The van der Waals surface area contributed by atoms with Crippen LogP contribution in [0.15, 0.2) is 30.3 Å². The maximum atomic E-state index is 3.45. The summed E-state index contributed by atoms with van der Waals surface area (Å²) in [6.07, 6.45) is 3.76. The Labute approximate surface area is 125 Å². The van der Waals surface area contributed by atoms with E-state index in [2.05, 4.69) is 68.4 Å². The van der Waals surface area contributed by atoms with Crippen LogP contribution >= 0.6 is 0 Å². The Morgan fingerprint density at radius 1 is 1.05 bits per heavy atom. The third kappa shape index (κ3) is 5.64. The molecule has 0 aliphatic carbocycles. The number of nitrogens with zero attached hydrogens (tertiary/aromatic N) is 1. The summed E-state index contributed by atoms with van der Waals surface area (Å²) >= 11 is 0. The number of rotatable bonds is 10. The Morgan fingerprint density at radius 3 is 2.20 bits per heavy atom. The summed E-state index contributed by atoms with van der Waals surface area (Å²) in [5, 5.41) is 3.45. The van der Waals surface area contributed by atoms with Crippen LogP contribution in [0.3, 0.4) is 0 Å². The Bertz CT molecular complexity index is 333. The lowest BCUT2D eigenvalue weighted by atomic mass is 10.0. The minimum Gasteiger partial charge on any atom is -0.313 e. The van der Waals surface area contributed by atoms with Gasteiger partial charge in [-0.3, -0.25) is 0 Å². The largest absolute Gasteiger partial charge is 0.313 e. The monoisotopic (exact) mass is 276 g/mol. The van der Waals surface area contributed by atoms with Gasteiger partial charge in [0, 0.05) is 12.6 Å². The zero-order chi connectivity index (χ0) is 14.8.